The molecular weight excluding hydrogens is 284 g/mol. The second kappa shape index (κ2) is 8.80. The SMILES string of the molecule is CNCCC[N+]12CCN(CC3CCCCC3)CCCN(CC1)C2. The first-order valence-electron chi connectivity index (χ1n) is 10.2. The summed E-state index contributed by atoms with van der Waals surface area (Å²) in [7, 11) is 2.08. The predicted molar refractivity (Wildman–Crippen MR) is 97.5 cm³/mol. The molecule has 4 nitrogen and oxygen atoms in total. The zero-order chi connectivity index (χ0) is 16.0. The van der Waals surface area contributed by atoms with Crippen molar-refractivity contribution in [2.24, 2.45) is 5.92 Å². The Morgan fingerprint density at radius 2 is 1.78 bits per heavy atom. The van der Waals surface area contributed by atoms with Crippen molar-refractivity contribution in [3.8, 4) is 0 Å². The van der Waals surface area contributed by atoms with Gasteiger partial charge < -0.3 is 9.80 Å². The van der Waals surface area contributed by atoms with Gasteiger partial charge in [0.1, 0.15) is 6.67 Å². The lowest BCUT2D eigenvalue weighted by Crippen LogP contribution is -2.52. The Kier molecular flexibility index (Phi) is 6.75. The summed E-state index contributed by atoms with van der Waals surface area (Å²) in [5.74, 6) is 0.995. The predicted octanol–water partition coefficient (Wildman–Crippen LogP) is 1.97. The summed E-state index contributed by atoms with van der Waals surface area (Å²) in [6, 6.07) is 0. The topological polar surface area (TPSA) is 18.5 Å². The van der Waals surface area contributed by atoms with Gasteiger partial charge in [-0.25, -0.2) is 0 Å². The molecule has 1 saturated carbocycles. The summed E-state index contributed by atoms with van der Waals surface area (Å²) in [4.78, 5) is 5.57. The molecule has 3 aliphatic rings. The molecule has 2 bridgehead atoms. The van der Waals surface area contributed by atoms with E-state index in [1.165, 1.54) is 115 Å². The quantitative estimate of drug-likeness (QED) is 0.595. The number of nitrogens with one attached hydrogen (secondary N) is 1. The molecule has 1 N–H and O–H groups in total. The number of quaternary nitrogens is 1. The molecule has 2 saturated heterocycles. The number of fused-ring (bicyclic) bond motifs is 2. The lowest BCUT2D eigenvalue weighted by molar-refractivity contribution is -0.920. The summed E-state index contributed by atoms with van der Waals surface area (Å²) < 4.78 is 1.36. The van der Waals surface area contributed by atoms with E-state index in [4.69, 9.17) is 0 Å². The van der Waals surface area contributed by atoms with Crippen LogP contribution in [0.5, 0.6) is 0 Å². The average Bonchev–Trinajstić information content (AvgIpc) is 3.00. The molecule has 0 radical (unpaired) electrons. The van der Waals surface area contributed by atoms with Crippen molar-refractivity contribution in [1.29, 1.82) is 0 Å². The highest BCUT2D eigenvalue weighted by Gasteiger charge is 2.37. The maximum Gasteiger partial charge on any atom is 0.135 e. The number of nitrogens with zero attached hydrogens (tertiary/aromatic N) is 3. The minimum absolute atomic E-state index is 0.995. The number of hydrogen-bond donors (Lipinski definition) is 1. The molecule has 2 aliphatic heterocycles. The number of rotatable bonds is 6. The van der Waals surface area contributed by atoms with Gasteiger partial charge in [-0.1, -0.05) is 19.3 Å². The van der Waals surface area contributed by atoms with Crippen molar-refractivity contribution in [1.82, 2.24) is 15.1 Å². The van der Waals surface area contributed by atoms with Gasteiger partial charge in [-0.15, -0.1) is 0 Å². The fourth-order valence-corrected chi connectivity index (χ4v) is 5.07. The summed E-state index contributed by atoms with van der Waals surface area (Å²) in [5.41, 5.74) is 0. The van der Waals surface area contributed by atoms with Gasteiger partial charge in [0.15, 0.2) is 0 Å². The standard InChI is InChI=1S/C19H39N4/c1-20-9-5-14-23-15-12-21(17-19-7-3-2-4-8-19)10-6-11-22(18-23)13-16-23/h19-20H,2-18H2,1H3/q+1. The molecule has 23 heavy (non-hydrogen) atoms. The molecule has 4 heteroatoms. The highest BCUT2D eigenvalue weighted by Crippen LogP contribution is 2.25. The van der Waals surface area contributed by atoms with Crippen LogP contribution in [0.3, 0.4) is 0 Å². The van der Waals surface area contributed by atoms with Gasteiger partial charge in [-0.3, -0.25) is 9.80 Å². The first-order valence-corrected chi connectivity index (χ1v) is 10.2. The number of hydrogen-bond acceptors (Lipinski definition) is 3. The Labute approximate surface area is 143 Å². The van der Waals surface area contributed by atoms with Crippen LogP contribution in [0, 0.1) is 5.92 Å². The van der Waals surface area contributed by atoms with Gasteiger partial charge in [0.05, 0.1) is 26.2 Å². The maximum atomic E-state index is 3.33. The molecule has 3 rings (SSSR count). The van der Waals surface area contributed by atoms with Crippen LogP contribution in [0.2, 0.25) is 0 Å². The van der Waals surface area contributed by atoms with Crippen LogP contribution in [0.4, 0.5) is 0 Å². The summed E-state index contributed by atoms with van der Waals surface area (Å²) >= 11 is 0. The molecule has 0 spiro atoms. The van der Waals surface area contributed by atoms with Crippen LogP contribution >= 0.6 is 0 Å². The van der Waals surface area contributed by atoms with Crippen molar-refractivity contribution >= 4 is 0 Å². The lowest BCUT2D eigenvalue weighted by atomic mass is 9.89. The van der Waals surface area contributed by atoms with Gasteiger partial charge in [-0.05, 0) is 38.8 Å². The Balaban J connectivity index is 1.54. The van der Waals surface area contributed by atoms with Crippen LogP contribution in [-0.2, 0) is 0 Å². The molecule has 134 valence electrons. The monoisotopic (exact) mass is 323 g/mol. The fourth-order valence-electron chi connectivity index (χ4n) is 5.07. The zero-order valence-electron chi connectivity index (χ0n) is 15.4. The third-order valence-corrected chi connectivity index (χ3v) is 6.53. The van der Waals surface area contributed by atoms with Crippen molar-refractivity contribution in [3.05, 3.63) is 0 Å². The van der Waals surface area contributed by atoms with Gasteiger partial charge >= 0.3 is 0 Å². The summed E-state index contributed by atoms with van der Waals surface area (Å²) in [5, 5.41) is 3.33. The van der Waals surface area contributed by atoms with Crippen molar-refractivity contribution in [3.63, 3.8) is 0 Å². The first kappa shape index (κ1) is 17.7. The van der Waals surface area contributed by atoms with E-state index in [0.717, 1.165) is 5.92 Å². The summed E-state index contributed by atoms with van der Waals surface area (Å²) in [6.07, 6.45) is 10.1. The fraction of sp³-hybridized carbons (Fsp3) is 1.00. The Morgan fingerprint density at radius 1 is 0.957 bits per heavy atom. The Hall–Kier alpha value is -0.160. The average molecular weight is 324 g/mol. The van der Waals surface area contributed by atoms with Gasteiger partial charge in [0.25, 0.3) is 0 Å². The third-order valence-electron chi connectivity index (χ3n) is 6.53. The minimum atomic E-state index is 0.995. The summed E-state index contributed by atoms with van der Waals surface area (Å²) in [6.45, 7) is 13.4. The van der Waals surface area contributed by atoms with E-state index in [-0.39, 0.29) is 0 Å². The molecule has 0 aromatic heterocycles. The smallest absolute Gasteiger partial charge is 0.135 e. The molecular formula is C19H39N4+. The molecule has 3 fully saturated rings. The molecule has 2 atom stereocenters. The normalized spacial score (nSPS) is 34.0. The molecule has 1 aliphatic carbocycles. The Morgan fingerprint density at radius 3 is 2.61 bits per heavy atom. The van der Waals surface area contributed by atoms with E-state index in [9.17, 15) is 0 Å². The van der Waals surface area contributed by atoms with Crippen LogP contribution in [-0.4, -0.2) is 86.9 Å². The molecule has 2 heterocycles. The van der Waals surface area contributed by atoms with Crippen LogP contribution < -0.4 is 5.32 Å². The van der Waals surface area contributed by atoms with Gasteiger partial charge in [0.2, 0.25) is 0 Å². The minimum Gasteiger partial charge on any atom is -0.320 e. The van der Waals surface area contributed by atoms with Crippen LogP contribution in [0.15, 0.2) is 0 Å². The van der Waals surface area contributed by atoms with E-state index < -0.39 is 0 Å². The van der Waals surface area contributed by atoms with Crippen molar-refractivity contribution in [2.75, 3.05) is 72.6 Å². The Bertz CT molecular complexity index is 342. The van der Waals surface area contributed by atoms with E-state index in [1.807, 2.05) is 0 Å². The van der Waals surface area contributed by atoms with Crippen molar-refractivity contribution in [2.45, 2.75) is 44.9 Å². The lowest BCUT2D eigenvalue weighted by Gasteiger charge is -2.36. The second-order valence-electron chi connectivity index (χ2n) is 8.39. The van der Waals surface area contributed by atoms with E-state index >= 15 is 0 Å². The molecule has 0 amide bonds. The second-order valence-corrected chi connectivity index (χ2v) is 8.39. The van der Waals surface area contributed by atoms with Crippen LogP contribution in [0.1, 0.15) is 44.9 Å². The van der Waals surface area contributed by atoms with Gasteiger partial charge in [0, 0.05) is 32.6 Å². The first-order chi connectivity index (χ1) is 11.3. The van der Waals surface area contributed by atoms with Gasteiger partial charge in [-0.2, -0.15) is 0 Å². The van der Waals surface area contributed by atoms with E-state index in [2.05, 4.69) is 22.2 Å². The molecule has 0 aromatic rings. The van der Waals surface area contributed by atoms with E-state index in [0.29, 0.717) is 0 Å². The highest BCUT2D eigenvalue weighted by molar-refractivity contribution is 4.74. The molecule has 0 aromatic carbocycles. The molecule has 2 unspecified atom stereocenters. The zero-order valence-corrected chi connectivity index (χ0v) is 15.4. The third kappa shape index (κ3) is 5.15. The van der Waals surface area contributed by atoms with Crippen LogP contribution in [0.25, 0.3) is 0 Å². The van der Waals surface area contributed by atoms with E-state index in [1.54, 1.807) is 0 Å². The largest absolute Gasteiger partial charge is 0.320 e. The maximum absolute atomic E-state index is 3.33. The van der Waals surface area contributed by atoms with Crippen molar-refractivity contribution < 1.29 is 4.48 Å². The highest BCUT2D eigenvalue weighted by atomic mass is 15.5.